The van der Waals surface area contributed by atoms with Crippen LogP contribution < -0.4 is 4.74 Å². The third-order valence-electron chi connectivity index (χ3n) is 3.97. The quantitative estimate of drug-likeness (QED) is 0.602. The van der Waals surface area contributed by atoms with Gasteiger partial charge in [0.05, 0.1) is 10.8 Å². The number of hydrogen-bond donors (Lipinski definition) is 0. The Morgan fingerprint density at radius 1 is 0.769 bits per heavy atom. The van der Waals surface area contributed by atoms with Gasteiger partial charge in [0.1, 0.15) is 16.8 Å². The minimum Gasteiger partial charge on any atom is -0.472 e. The second kappa shape index (κ2) is 8.59. The van der Waals surface area contributed by atoms with Crippen LogP contribution in [0.4, 0.5) is 0 Å². The summed E-state index contributed by atoms with van der Waals surface area (Å²) in [7, 11) is -1.60. The highest BCUT2D eigenvalue weighted by molar-refractivity contribution is 7.86. The summed E-state index contributed by atoms with van der Waals surface area (Å²) in [6.45, 7) is 1.47. The molecule has 3 rings (SSSR count). The highest BCUT2D eigenvalue weighted by Crippen LogP contribution is 2.33. The second-order valence-electron chi connectivity index (χ2n) is 5.90. The van der Waals surface area contributed by atoms with Gasteiger partial charge in [-0.05, 0) is 24.6 Å². The monoisotopic (exact) mass is 364 g/mol. The molecule has 0 spiro atoms. The Morgan fingerprint density at radius 3 is 1.73 bits per heavy atom. The van der Waals surface area contributed by atoms with E-state index in [-0.39, 0.29) is 5.78 Å². The summed E-state index contributed by atoms with van der Waals surface area (Å²) in [5.74, 6) is 0.470. The maximum Gasteiger partial charge on any atom is 0.199 e. The van der Waals surface area contributed by atoms with Crippen LogP contribution >= 0.6 is 0 Å². The van der Waals surface area contributed by atoms with Crippen molar-refractivity contribution in [1.29, 1.82) is 0 Å². The molecule has 4 heteroatoms. The summed E-state index contributed by atoms with van der Waals surface area (Å²) in [5, 5.41) is -0.745. The summed E-state index contributed by atoms with van der Waals surface area (Å²) in [4.78, 5) is 12.3. The molecule has 0 aromatic heterocycles. The smallest absolute Gasteiger partial charge is 0.199 e. The van der Waals surface area contributed by atoms with E-state index < -0.39 is 21.5 Å². The molecule has 0 aliphatic carbocycles. The van der Waals surface area contributed by atoms with Crippen LogP contribution in [0.5, 0.6) is 5.75 Å². The van der Waals surface area contributed by atoms with E-state index in [1.165, 1.54) is 6.92 Å². The first-order valence-corrected chi connectivity index (χ1v) is 9.66. The van der Waals surface area contributed by atoms with E-state index in [4.69, 9.17) is 4.74 Å². The third-order valence-corrected chi connectivity index (χ3v) is 5.83. The van der Waals surface area contributed by atoms with Crippen molar-refractivity contribution in [3.63, 3.8) is 0 Å². The molecule has 0 N–H and O–H groups in total. The second-order valence-corrected chi connectivity index (χ2v) is 7.46. The molecule has 0 radical (unpaired) electrons. The van der Waals surface area contributed by atoms with Crippen LogP contribution in [0.25, 0.3) is 0 Å². The highest BCUT2D eigenvalue weighted by Gasteiger charge is 2.32. The minimum absolute atomic E-state index is 0.146. The Kier molecular flexibility index (Phi) is 5.97. The van der Waals surface area contributed by atoms with Crippen LogP contribution in [0.2, 0.25) is 0 Å². The van der Waals surface area contributed by atoms with Crippen LogP contribution in [0.15, 0.2) is 91.0 Å². The molecular formula is C22H20O3S. The number of carbonyl (C=O) groups is 1. The lowest BCUT2D eigenvalue weighted by molar-refractivity contribution is -0.116. The summed E-state index contributed by atoms with van der Waals surface area (Å²) >= 11 is 0. The predicted molar refractivity (Wildman–Crippen MR) is 104 cm³/mol. The maximum atomic E-state index is 13.5. The molecule has 0 saturated heterocycles. The van der Waals surface area contributed by atoms with Crippen molar-refractivity contribution in [3.8, 4) is 5.75 Å². The molecule has 0 aliphatic heterocycles. The van der Waals surface area contributed by atoms with Gasteiger partial charge in [-0.1, -0.05) is 78.9 Å². The van der Waals surface area contributed by atoms with Crippen molar-refractivity contribution < 1.29 is 13.7 Å². The fourth-order valence-corrected chi connectivity index (χ4v) is 4.40. The molecule has 132 valence electrons. The molecule has 26 heavy (non-hydrogen) atoms. The third kappa shape index (κ3) is 4.27. The SMILES string of the molecule is CC(=O)C(c1ccccc1)S(=O)C(Oc1ccccc1)c1ccccc1. The van der Waals surface area contributed by atoms with Crippen LogP contribution in [0.1, 0.15) is 28.7 Å². The van der Waals surface area contributed by atoms with Gasteiger partial charge >= 0.3 is 0 Å². The molecule has 0 bridgehead atoms. The van der Waals surface area contributed by atoms with Gasteiger partial charge in [-0.15, -0.1) is 0 Å². The van der Waals surface area contributed by atoms with Gasteiger partial charge in [0.2, 0.25) is 0 Å². The number of rotatable bonds is 7. The zero-order chi connectivity index (χ0) is 18.4. The van der Waals surface area contributed by atoms with E-state index in [1.54, 1.807) is 0 Å². The standard InChI is InChI=1S/C22H20O3S/c1-17(23)21(18-11-5-2-6-12-18)26(24)22(19-13-7-3-8-14-19)25-20-15-9-4-10-16-20/h2-16,21-22H,1H3. The van der Waals surface area contributed by atoms with Crippen LogP contribution in [-0.2, 0) is 15.6 Å². The normalized spacial score (nSPS) is 14.2. The molecule has 3 aromatic carbocycles. The average molecular weight is 364 g/mol. The van der Waals surface area contributed by atoms with E-state index in [0.29, 0.717) is 5.75 Å². The molecule has 3 nitrogen and oxygen atoms in total. The molecule has 3 atom stereocenters. The Balaban J connectivity index is 1.99. The van der Waals surface area contributed by atoms with Crippen molar-refractivity contribution in [1.82, 2.24) is 0 Å². The lowest BCUT2D eigenvalue weighted by atomic mass is 10.1. The first-order valence-electron chi connectivity index (χ1n) is 8.38. The van der Waals surface area contributed by atoms with E-state index in [2.05, 4.69) is 0 Å². The van der Waals surface area contributed by atoms with Crippen molar-refractivity contribution in [2.45, 2.75) is 17.6 Å². The Bertz CT molecular complexity index is 864. The Morgan fingerprint density at radius 2 is 1.23 bits per heavy atom. The van der Waals surface area contributed by atoms with Crippen LogP contribution in [0, 0.1) is 0 Å². The van der Waals surface area contributed by atoms with Crippen LogP contribution in [-0.4, -0.2) is 9.99 Å². The molecular weight excluding hydrogens is 344 g/mol. The number of Topliss-reactive ketones (excluding diaryl/α,β-unsaturated/α-hetero) is 1. The number of para-hydroxylation sites is 1. The van der Waals surface area contributed by atoms with Crippen molar-refractivity contribution >= 4 is 16.6 Å². The van der Waals surface area contributed by atoms with Gasteiger partial charge in [-0.3, -0.25) is 9.00 Å². The van der Waals surface area contributed by atoms with E-state index in [1.807, 2.05) is 91.0 Å². The fourth-order valence-electron chi connectivity index (χ4n) is 2.77. The van der Waals surface area contributed by atoms with E-state index >= 15 is 0 Å². The molecule has 0 saturated carbocycles. The number of ether oxygens (including phenoxy) is 1. The molecule has 0 aliphatic rings. The lowest BCUT2D eigenvalue weighted by Crippen LogP contribution is -2.23. The number of ketones is 1. The summed E-state index contributed by atoms with van der Waals surface area (Å²) in [5.41, 5.74) is 0.764. The highest BCUT2D eigenvalue weighted by atomic mass is 32.2. The predicted octanol–water partition coefficient (Wildman–Crippen LogP) is 4.84. The van der Waals surface area contributed by atoms with Gasteiger partial charge in [-0.2, -0.15) is 0 Å². The van der Waals surface area contributed by atoms with Gasteiger partial charge in [0.25, 0.3) is 0 Å². The summed E-state index contributed by atoms with van der Waals surface area (Å²) < 4.78 is 19.5. The zero-order valence-corrected chi connectivity index (χ0v) is 15.3. The maximum absolute atomic E-state index is 13.5. The summed E-state index contributed by atoms with van der Waals surface area (Å²) in [6.07, 6.45) is 0. The Hall–Kier alpha value is -2.72. The van der Waals surface area contributed by atoms with Crippen molar-refractivity contribution in [2.75, 3.05) is 0 Å². The molecule has 3 unspecified atom stereocenters. The van der Waals surface area contributed by atoms with Gasteiger partial charge in [0, 0.05) is 5.56 Å². The molecule has 0 amide bonds. The number of carbonyl (C=O) groups excluding carboxylic acids is 1. The Labute approximate surface area is 156 Å². The average Bonchev–Trinajstić information content (AvgIpc) is 2.68. The summed E-state index contributed by atoms with van der Waals surface area (Å²) in [6, 6.07) is 27.9. The number of hydrogen-bond acceptors (Lipinski definition) is 3. The minimum atomic E-state index is -1.60. The van der Waals surface area contributed by atoms with Crippen LogP contribution in [0.3, 0.4) is 0 Å². The molecule has 0 fully saturated rings. The van der Waals surface area contributed by atoms with Gasteiger partial charge < -0.3 is 4.74 Å². The molecule has 0 heterocycles. The first-order chi connectivity index (χ1) is 12.7. The zero-order valence-electron chi connectivity index (χ0n) is 14.4. The first kappa shape index (κ1) is 18.1. The van der Waals surface area contributed by atoms with Gasteiger partial charge in [-0.25, -0.2) is 0 Å². The van der Waals surface area contributed by atoms with E-state index in [0.717, 1.165) is 11.1 Å². The van der Waals surface area contributed by atoms with Crippen molar-refractivity contribution in [3.05, 3.63) is 102 Å². The van der Waals surface area contributed by atoms with Gasteiger partial charge in [0.15, 0.2) is 5.44 Å². The largest absolute Gasteiger partial charge is 0.472 e. The van der Waals surface area contributed by atoms with Crippen molar-refractivity contribution in [2.24, 2.45) is 0 Å². The molecule has 3 aromatic rings. The lowest BCUT2D eigenvalue weighted by Gasteiger charge is -2.23. The van der Waals surface area contributed by atoms with E-state index in [9.17, 15) is 9.00 Å². The fraction of sp³-hybridized carbons (Fsp3) is 0.136. The topological polar surface area (TPSA) is 43.4 Å². The number of benzene rings is 3.